The van der Waals surface area contributed by atoms with Crippen LogP contribution in [0.3, 0.4) is 0 Å². The van der Waals surface area contributed by atoms with E-state index in [1.165, 1.54) is 11.3 Å². The number of carbonyl (C=O) groups excluding carboxylic acids is 2. The smallest absolute Gasteiger partial charge is 0.276 e. The Morgan fingerprint density at radius 1 is 1.19 bits per heavy atom. The van der Waals surface area contributed by atoms with Crippen molar-refractivity contribution >= 4 is 33.2 Å². The second-order valence-electron chi connectivity index (χ2n) is 8.58. The van der Waals surface area contributed by atoms with Crippen LogP contribution in [-0.4, -0.2) is 41.5 Å². The summed E-state index contributed by atoms with van der Waals surface area (Å²) in [7, 11) is 1.67. The molecule has 1 aliphatic heterocycles. The van der Waals surface area contributed by atoms with Crippen molar-refractivity contribution in [1.82, 2.24) is 15.4 Å². The second-order valence-corrected chi connectivity index (χ2v) is 9.63. The highest BCUT2D eigenvalue weighted by molar-refractivity contribution is 7.21. The van der Waals surface area contributed by atoms with Crippen LogP contribution in [0, 0.1) is 0 Å². The minimum atomic E-state index is -0.0618. The maximum atomic E-state index is 13.4. The molecular formula is C24H27N3O3S. The largest absolute Gasteiger partial charge is 0.360 e. The number of nitrogens with zero attached hydrogens (tertiary/aromatic N) is 2. The Morgan fingerprint density at radius 3 is 2.84 bits per heavy atom. The van der Waals surface area contributed by atoms with Crippen molar-refractivity contribution in [2.45, 2.75) is 56.9 Å². The summed E-state index contributed by atoms with van der Waals surface area (Å²) in [5.41, 5.74) is 1.46. The minimum absolute atomic E-state index is 0.0393. The van der Waals surface area contributed by atoms with Crippen molar-refractivity contribution < 1.29 is 14.1 Å². The van der Waals surface area contributed by atoms with Gasteiger partial charge in [0, 0.05) is 36.3 Å². The van der Waals surface area contributed by atoms with Crippen LogP contribution in [0.5, 0.6) is 0 Å². The molecule has 1 saturated carbocycles. The van der Waals surface area contributed by atoms with Crippen molar-refractivity contribution in [2.75, 3.05) is 13.6 Å². The molecule has 1 atom stereocenters. The first-order valence-corrected chi connectivity index (χ1v) is 12.0. The number of nitrogens with one attached hydrogen (secondary N) is 1. The maximum Gasteiger partial charge on any atom is 0.276 e. The van der Waals surface area contributed by atoms with Crippen molar-refractivity contribution in [3.05, 3.63) is 52.2 Å². The van der Waals surface area contributed by atoms with Crippen LogP contribution >= 0.6 is 11.3 Å². The Kier molecular flexibility index (Phi) is 5.52. The van der Waals surface area contributed by atoms with E-state index in [2.05, 4.69) is 22.6 Å². The molecule has 1 unspecified atom stereocenters. The zero-order chi connectivity index (χ0) is 21.4. The molecule has 1 N–H and O–H groups in total. The molecule has 5 rings (SSSR count). The summed E-state index contributed by atoms with van der Waals surface area (Å²) in [6.45, 7) is 0.715. The fraction of sp³-hybridized carbons (Fsp3) is 0.458. The Bertz CT molecular complexity index is 1110. The number of benzene rings is 1. The van der Waals surface area contributed by atoms with Crippen molar-refractivity contribution in [2.24, 2.45) is 0 Å². The van der Waals surface area contributed by atoms with Crippen LogP contribution in [-0.2, 0) is 6.42 Å². The molecular weight excluding hydrogens is 410 g/mol. The standard InChI is InChI=1S/C24H27N3O3S/c1-25-23(28)22-18(17-8-4-5-9-21(17)31-22)13-16-7-3-2-6-12-27(16)24(29)19-14-20(30-26-19)15-10-11-15/h4-5,8-9,14-16H,2-3,6-7,10-13H2,1H3,(H,25,28). The Labute approximate surface area is 185 Å². The molecule has 3 aromatic rings. The SMILES string of the molecule is CNC(=O)c1sc2ccccc2c1CC1CCCCCN1C(=O)c1cc(C2CC2)on1. The number of thiophene rings is 1. The first-order valence-electron chi connectivity index (χ1n) is 11.2. The highest BCUT2D eigenvalue weighted by Crippen LogP contribution is 2.40. The van der Waals surface area contributed by atoms with Crippen molar-refractivity contribution in [3.63, 3.8) is 0 Å². The summed E-state index contributed by atoms with van der Waals surface area (Å²) >= 11 is 1.53. The molecule has 3 heterocycles. The molecule has 0 bridgehead atoms. The van der Waals surface area contributed by atoms with Gasteiger partial charge in [0.15, 0.2) is 5.69 Å². The van der Waals surface area contributed by atoms with Crippen LogP contribution in [0.25, 0.3) is 10.1 Å². The lowest BCUT2D eigenvalue weighted by Gasteiger charge is -2.29. The molecule has 1 saturated heterocycles. The van der Waals surface area contributed by atoms with Crippen molar-refractivity contribution in [1.29, 1.82) is 0 Å². The average molecular weight is 438 g/mol. The molecule has 0 radical (unpaired) electrons. The van der Waals surface area contributed by atoms with E-state index >= 15 is 0 Å². The summed E-state index contributed by atoms with van der Waals surface area (Å²) < 4.78 is 6.55. The van der Waals surface area contributed by atoms with Crippen LogP contribution in [0.15, 0.2) is 34.9 Å². The third-order valence-corrected chi connectivity index (χ3v) is 7.65. The molecule has 31 heavy (non-hydrogen) atoms. The van der Waals surface area contributed by atoms with E-state index in [1.807, 2.05) is 23.1 Å². The fourth-order valence-electron chi connectivity index (χ4n) is 4.59. The van der Waals surface area contributed by atoms with E-state index < -0.39 is 0 Å². The van der Waals surface area contributed by atoms with Crippen LogP contribution < -0.4 is 5.32 Å². The van der Waals surface area contributed by atoms with Gasteiger partial charge in [0.2, 0.25) is 0 Å². The van der Waals surface area contributed by atoms with Gasteiger partial charge in [0.25, 0.3) is 11.8 Å². The van der Waals surface area contributed by atoms with E-state index in [-0.39, 0.29) is 17.9 Å². The lowest BCUT2D eigenvalue weighted by Crippen LogP contribution is -2.41. The second kappa shape index (κ2) is 8.46. The number of hydrogen-bond donors (Lipinski definition) is 1. The summed E-state index contributed by atoms with van der Waals surface area (Å²) in [6.07, 6.45) is 7.01. The summed E-state index contributed by atoms with van der Waals surface area (Å²) in [5.74, 6) is 1.15. The number of carbonyl (C=O) groups is 2. The van der Waals surface area contributed by atoms with Crippen LogP contribution in [0.2, 0.25) is 0 Å². The van der Waals surface area contributed by atoms with E-state index in [1.54, 1.807) is 7.05 Å². The first-order chi connectivity index (χ1) is 15.2. The number of likely N-dealkylation sites (tertiary alicyclic amines) is 1. The van der Waals surface area contributed by atoms with Gasteiger partial charge in [0.05, 0.1) is 4.88 Å². The lowest BCUT2D eigenvalue weighted by atomic mass is 9.97. The average Bonchev–Trinajstić information content (AvgIpc) is 3.48. The quantitative estimate of drug-likeness (QED) is 0.625. The monoisotopic (exact) mass is 437 g/mol. The number of amides is 2. The molecule has 1 aromatic carbocycles. The molecule has 2 fully saturated rings. The predicted octanol–water partition coefficient (Wildman–Crippen LogP) is 4.75. The van der Waals surface area contributed by atoms with E-state index in [4.69, 9.17) is 4.52 Å². The lowest BCUT2D eigenvalue weighted by molar-refractivity contribution is 0.0671. The highest BCUT2D eigenvalue weighted by atomic mass is 32.1. The molecule has 6 nitrogen and oxygen atoms in total. The normalized spacial score (nSPS) is 19.4. The molecule has 0 spiro atoms. The predicted molar refractivity (Wildman–Crippen MR) is 121 cm³/mol. The molecule has 162 valence electrons. The van der Waals surface area contributed by atoms with Crippen LogP contribution in [0.4, 0.5) is 0 Å². The van der Waals surface area contributed by atoms with Gasteiger partial charge in [-0.15, -0.1) is 11.3 Å². The van der Waals surface area contributed by atoms with Gasteiger partial charge < -0.3 is 14.7 Å². The fourth-order valence-corrected chi connectivity index (χ4v) is 5.77. The molecule has 2 aliphatic rings. The van der Waals surface area contributed by atoms with E-state index in [9.17, 15) is 9.59 Å². The van der Waals surface area contributed by atoms with Crippen molar-refractivity contribution in [3.8, 4) is 0 Å². The third kappa shape index (κ3) is 3.99. The van der Waals surface area contributed by atoms with Gasteiger partial charge in [-0.1, -0.05) is 36.2 Å². The van der Waals surface area contributed by atoms with Gasteiger partial charge in [-0.3, -0.25) is 9.59 Å². The zero-order valence-corrected chi connectivity index (χ0v) is 18.5. The van der Waals surface area contributed by atoms with Gasteiger partial charge >= 0.3 is 0 Å². The molecule has 2 aromatic heterocycles. The third-order valence-electron chi connectivity index (χ3n) is 6.44. The maximum absolute atomic E-state index is 13.4. The van der Waals surface area contributed by atoms with Gasteiger partial charge in [0.1, 0.15) is 5.76 Å². The molecule has 2 amide bonds. The van der Waals surface area contributed by atoms with Gasteiger partial charge in [-0.25, -0.2) is 0 Å². The summed E-state index contributed by atoms with van der Waals surface area (Å²) in [4.78, 5) is 28.8. The van der Waals surface area contributed by atoms with E-state index in [0.717, 1.165) is 64.8 Å². The number of hydrogen-bond acceptors (Lipinski definition) is 5. The summed E-state index contributed by atoms with van der Waals surface area (Å²) in [6, 6.07) is 10.0. The Hall–Kier alpha value is -2.67. The summed E-state index contributed by atoms with van der Waals surface area (Å²) in [5, 5.41) is 7.99. The minimum Gasteiger partial charge on any atom is -0.360 e. The molecule has 7 heteroatoms. The Balaban J connectivity index is 1.47. The number of fused-ring (bicyclic) bond motifs is 1. The number of aromatic nitrogens is 1. The van der Waals surface area contributed by atoms with Crippen LogP contribution in [0.1, 0.15) is 75.9 Å². The van der Waals surface area contributed by atoms with E-state index in [0.29, 0.717) is 24.6 Å². The van der Waals surface area contributed by atoms with Gasteiger partial charge in [-0.2, -0.15) is 0 Å². The zero-order valence-electron chi connectivity index (χ0n) is 17.7. The molecule has 1 aliphatic carbocycles. The topological polar surface area (TPSA) is 75.4 Å². The first kappa shape index (κ1) is 20.2. The van der Waals surface area contributed by atoms with Gasteiger partial charge in [-0.05, 0) is 49.1 Å². The highest BCUT2D eigenvalue weighted by Gasteiger charge is 2.33. The Morgan fingerprint density at radius 2 is 2.03 bits per heavy atom. The number of rotatable bonds is 5.